The summed E-state index contributed by atoms with van der Waals surface area (Å²) in [6, 6.07) is 21.3. The first-order chi connectivity index (χ1) is 15.3. The fraction of sp³-hybridized carbons (Fsp3) is 0.160. The van der Waals surface area contributed by atoms with Crippen LogP contribution < -0.4 is 5.32 Å². The van der Waals surface area contributed by atoms with Crippen LogP contribution in [0.25, 0.3) is 39.1 Å². The molecule has 7 heteroatoms. The number of rotatable bonds is 3. The third-order valence-corrected chi connectivity index (χ3v) is 6.10. The smallest absolute Gasteiger partial charge is 0.134 e. The molecule has 3 aromatic carbocycles. The van der Waals surface area contributed by atoms with E-state index < -0.39 is 0 Å². The second-order valence-corrected chi connectivity index (χ2v) is 8.08. The monoisotopic (exact) mass is 442 g/mol. The molecule has 0 fully saturated rings. The van der Waals surface area contributed by atoms with Crippen molar-refractivity contribution in [2.45, 2.75) is 19.9 Å². The summed E-state index contributed by atoms with van der Waals surface area (Å²) in [5.74, 6) is 0. The molecular weight excluding hydrogens is 420 g/mol. The van der Waals surface area contributed by atoms with Gasteiger partial charge >= 0.3 is 0 Å². The first kappa shape index (κ1) is 20.4. The van der Waals surface area contributed by atoms with E-state index >= 15 is 0 Å². The number of hydrogen-bond donors (Lipinski definition) is 2. The number of nitrogens with one attached hydrogen (secondary N) is 2. The maximum absolute atomic E-state index is 4.55. The summed E-state index contributed by atoms with van der Waals surface area (Å²) in [5.41, 5.74) is 9.95. The molecule has 0 radical (unpaired) electrons. The van der Waals surface area contributed by atoms with Gasteiger partial charge in [0.25, 0.3) is 0 Å². The van der Waals surface area contributed by atoms with Crippen LogP contribution >= 0.6 is 12.4 Å². The minimum Gasteiger partial charge on any atom is -0.312 e. The molecule has 0 spiro atoms. The van der Waals surface area contributed by atoms with E-state index in [4.69, 9.17) is 0 Å². The van der Waals surface area contributed by atoms with Crippen LogP contribution in [0.3, 0.4) is 0 Å². The highest BCUT2D eigenvalue weighted by atomic mass is 35.5. The maximum Gasteiger partial charge on any atom is 0.134 e. The lowest BCUT2D eigenvalue weighted by atomic mass is 9.99. The van der Waals surface area contributed by atoms with E-state index in [2.05, 4.69) is 93.4 Å². The SMILES string of the molecule is Cc1ccccc1-c1ccc2[nH]nc(-c3cn(-c4ccc5c(c4)CNCC5)nn3)c2c1.Cl. The number of halogens is 1. The lowest BCUT2D eigenvalue weighted by Gasteiger charge is -2.17. The van der Waals surface area contributed by atoms with Crippen molar-refractivity contribution in [2.75, 3.05) is 6.54 Å². The fourth-order valence-electron chi connectivity index (χ4n) is 4.38. The number of aromatic nitrogens is 5. The van der Waals surface area contributed by atoms with Crippen molar-refractivity contribution in [3.8, 4) is 28.2 Å². The van der Waals surface area contributed by atoms with Crippen molar-refractivity contribution in [3.63, 3.8) is 0 Å². The van der Waals surface area contributed by atoms with Gasteiger partial charge in [-0.15, -0.1) is 17.5 Å². The Kier molecular flexibility index (Phi) is 5.25. The van der Waals surface area contributed by atoms with Crippen molar-refractivity contribution in [2.24, 2.45) is 0 Å². The van der Waals surface area contributed by atoms with Crippen LogP contribution in [-0.4, -0.2) is 31.7 Å². The second kappa shape index (κ2) is 8.22. The normalized spacial score (nSPS) is 13.0. The Morgan fingerprint density at radius 1 is 0.969 bits per heavy atom. The van der Waals surface area contributed by atoms with Crippen molar-refractivity contribution in [1.82, 2.24) is 30.5 Å². The molecule has 0 unspecified atom stereocenters. The highest BCUT2D eigenvalue weighted by molar-refractivity contribution is 5.95. The van der Waals surface area contributed by atoms with E-state index in [1.54, 1.807) is 0 Å². The van der Waals surface area contributed by atoms with Crippen LogP contribution in [0.4, 0.5) is 0 Å². The molecule has 6 nitrogen and oxygen atoms in total. The molecular formula is C25H23ClN6. The molecule has 1 aliphatic rings. The van der Waals surface area contributed by atoms with Crippen LogP contribution in [0.5, 0.6) is 0 Å². The van der Waals surface area contributed by atoms with Gasteiger partial charge in [-0.3, -0.25) is 5.10 Å². The molecule has 0 amide bonds. The number of H-pyrrole nitrogens is 1. The molecule has 0 atom stereocenters. The first-order valence-corrected chi connectivity index (χ1v) is 10.6. The molecule has 0 saturated heterocycles. The van der Waals surface area contributed by atoms with Crippen LogP contribution in [0, 0.1) is 6.92 Å². The minimum atomic E-state index is 0. The Labute approximate surface area is 192 Å². The van der Waals surface area contributed by atoms with Gasteiger partial charge in [-0.2, -0.15) is 5.10 Å². The Bertz CT molecular complexity index is 1420. The predicted molar refractivity (Wildman–Crippen MR) is 129 cm³/mol. The van der Waals surface area contributed by atoms with Gasteiger partial charge in [0, 0.05) is 11.9 Å². The van der Waals surface area contributed by atoms with Crippen LogP contribution in [-0.2, 0) is 13.0 Å². The average molecular weight is 443 g/mol. The number of aryl methyl sites for hydroxylation is 1. The highest BCUT2D eigenvalue weighted by Gasteiger charge is 2.15. The lowest BCUT2D eigenvalue weighted by molar-refractivity contribution is 0.642. The molecule has 2 N–H and O–H groups in total. The first-order valence-electron chi connectivity index (χ1n) is 10.6. The second-order valence-electron chi connectivity index (χ2n) is 8.08. The molecule has 6 rings (SSSR count). The Morgan fingerprint density at radius 2 is 1.88 bits per heavy atom. The average Bonchev–Trinajstić information content (AvgIpc) is 3.46. The summed E-state index contributed by atoms with van der Waals surface area (Å²) in [5, 5.41) is 21.0. The van der Waals surface area contributed by atoms with Crippen molar-refractivity contribution in [3.05, 3.63) is 83.6 Å². The highest BCUT2D eigenvalue weighted by Crippen LogP contribution is 2.31. The number of nitrogens with zero attached hydrogens (tertiary/aromatic N) is 4. The predicted octanol–water partition coefficient (Wildman–Crippen LogP) is 4.85. The Balaban J connectivity index is 0.00000216. The lowest BCUT2D eigenvalue weighted by Crippen LogP contribution is -2.23. The van der Waals surface area contributed by atoms with E-state index in [1.165, 1.54) is 27.8 Å². The quantitative estimate of drug-likeness (QED) is 0.419. The van der Waals surface area contributed by atoms with Gasteiger partial charge < -0.3 is 5.32 Å². The summed E-state index contributed by atoms with van der Waals surface area (Å²) in [4.78, 5) is 0. The number of aromatic amines is 1. The molecule has 0 saturated carbocycles. The largest absolute Gasteiger partial charge is 0.312 e. The van der Waals surface area contributed by atoms with Crippen molar-refractivity contribution < 1.29 is 0 Å². The zero-order valence-electron chi connectivity index (χ0n) is 17.7. The standard InChI is InChI=1S/C25H22N6.ClH/c1-16-4-2-3-5-21(16)18-7-9-23-22(13-18)25(29-27-23)24-15-31(30-28-24)20-8-6-17-10-11-26-14-19(17)12-20;/h2-9,12-13,15,26H,10-11,14H2,1H3,(H,27,29);1H. The molecule has 5 aromatic rings. The molecule has 0 aliphatic carbocycles. The van der Waals surface area contributed by atoms with Gasteiger partial charge in [-0.05, 0) is 72.0 Å². The molecule has 32 heavy (non-hydrogen) atoms. The Morgan fingerprint density at radius 3 is 2.78 bits per heavy atom. The van der Waals surface area contributed by atoms with E-state index in [0.717, 1.165) is 47.5 Å². The van der Waals surface area contributed by atoms with E-state index in [-0.39, 0.29) is 12.4 Å². The fourth-order valence-corrected chi connectivity index (χ4v) is 4.38. The third kappa shape index (κ3) is 3.47. The van der Waals surface area contributed by atoms with Crippen molar-refractivity contribution in [1.29, 1.82) is 0 Å². The molecule has 3 heterocycles. The van der Waals surface area contributed by atoms with Gasteiger partial charge in [0.2, 0.25) is 0 Å². The van der Waals surface area contributed by atoms with Gasteiger partial charge in [0.15, 0.2) is 0 Å². The van der Waals surface area contributed by atoms with E-state index in [9.17, 15) is 0 Å². The number of fused-ring (bicyclic) bond motifs is 2. The van der Waals surface area contributed by atoms with Crippen LogP contribution in [0.1, 0.15) is 16.7 Å². The van der Waals surface area contributed by atoms with Gasteiger partial charge in [-0.25, -0.2) is 4.68 Å². The number of benzene rings is 3. The zero-order valence-corrected chi connectivity index (χ0v) is 18.5. The topological polar surface area (TPSA) is 71.4 Å². The van der Waals surface area contributed by atoms with Crippen molar-refractivity contribution >= 4 is 23.3 Å². The Hall–Kier alpha value is -3.48. The minimum absolute atomic E-state index is 0. The van der Waals surface area contributed by atoms with E-state index in [0.29, 0.717) is 0 Å². The summed E-state index contributed by atoms with van der Waals surface area (Å²) in [7, 11) is 0. The molecule has 2 aromatic heterocycles. The molecule has 160 valence electrons. The summed E-state index contributed by atoms with van der Waals surface area (Å²) < 4.78 is 1.83. The van der Waals surface area contributed by atoms with E-state index in [1.807, 2.05) is 10.9 Å². The summed E-state index contributed by atoms with van der Waals surface area (Å²) in [6.07, 6.45) is 3.02. The molecule has 0 bridgehead atoms. The van der Waals surface area contributed by atoms with Gasteiger partial charge in [0.1, 0.15) is 11.4 Å². The molecule has 1 aliphatic heterocycles. The van der Waals surface area contributed by atoms with Gasteiger partial charge in [-0.1, -0.05) is 41.6 Å². The van der Waals surface area contributed by atoms with Crippen LogP contribution in [0.15, 0.2) is 66.9 Å². The number of hydrogen-bond acceptors (Lipinski definition) is 4. The zero-order chi connectivity index (χ0) is 20.8. The maximum atomic E-state index is 4.55. The van der Waals surface area contributed by atoms with Gasteiger partial charge in [0.05, 0.1) is 17.4 Å². The summed E-state index contributed by atoms with van der Waals surface area (Å²) >= 11 is 0. The van der Waals surface area contributed by atoms with Crippen LogP contribution in [0.2, 0.25) is 0 Å². The third-order valence-electron chi connectivity index (χ3n) is 6.10. The summed E-state index contributed by atoms with van der Waals surface area (Å²) in [6.45, 7) is 4.07.